The number of rotatable bonds is 7. The first-order valence-electron chi connectivity index (χ1n) is 9.60. The van der Waals surface area contributed by atoms with Crippen LogP contribution in [0, 0.1) is 0 Å². The van der Waals surface area contributed by atoms with E-state index in [0.717, 1.165) is 18.6 Å². The van der Waals surface area contributed by atoms with E-state index in [1.807, 2.05) is 6.92 Å². The van der Waals surface area contributed by atoms with Crippen molar-refractivity contribution in [2.24, 2.45) is 0 Å². The van der Waals surface area contributed by atoms with Gasteiger partial charge in [-0.25, -0.2) is 15.0 Å². The maximum atomic E-state index is 12.8. The summed E-state index contributed by atoms with van der Waals surface area (Å²) >= 11 is 0. The van der Waals surface area contributed by atoms with Crippen molar-refractivity contribution in [3.05, 3.63) is 60.3 Å². The Morgan fingerprint density at radius 2 is 1.84 bits per heavy atom. The number of alkyl halides is 3. The van der Waals surface area contributed by atoms with Crippen LogP contribution < -0.4 is 10.6 Å². The molecule has 0 atom stereocenters. The molecule has 0 fully saturated rings. The first-order valence-corrected chi connectivity index (χ1v) is 9.60. The van der Waals surface area contributed by atoms with Crippen LogP contribution in [-0.2, 0) is 12.7 Å². The molecule has 0 saturated heterocycles. The van der Waals surface area contributed by atoms with Crippen molar-refractivity contribution in [1.82, 2.24) is 29.5 Å². The molecule has 1 aromatic carbocycles. The average molecular weight is 428 g/mol. The van der Waals surface area contributed by atoms with Crippen molar-refractivity contribution in [3.63, 3.8) is 0 Å². The first-order chi connectivity index (χ1) is 14.9. The van der Waals surface area contributed by atoms with Gasteiger partial charge in [-0.3, -0.25) is 0 Å². The van der Waals surface area contributed by atoms with Gasteiger partial charge in [0.05, 0.1) is 18.4 Å². The summed E-state index contributed by atoms with van der Waals surface area (Å²) in [6.45, 7) is 3.05. The number of nitrogens with zero attached hydrogens (tertiary/aromatic N) is 6. The summed E-state index contributed by atoms with van der Waals surface area (Å²) in [5.74, 6) is 1.41. The van der Waals surface area contributed by atoms with Gasteiger partial charge in [0, 0.05) is 12.7 Å². The van der Waals surface area contributed by atoms with Crippen LogP contribution in [0.15, 0.2) is 49.2 Å². The number of hydrogen-bond donors (Lipinski definition) is 2. The van der Waals surface area contributed by atoms with Crippen LogP contribution in [0.1, 0.15) is 24.5 Å². The third kappa shape index (κ3) is 4.71. The number of aromatic nitrogens is 6. The molecular formula is C20H19F3N8. The summed E-state index contributed by atoms with van der Waals surface area (Å²) in [5, 5.41) is 6.28. The van der Waals surface area contributed by atoms with Crippen LogP contribution in [-0.4, -0.2) is 36.0 Å². The minimum absolute atomic E-state index is 0.311. The highest BCUT2D eigenvalue weighted by molar-refractivity contribution is 5.84. The van der Waals surface area contributed by atoms with E-state index in [1.165, 1.54) is 18.5 Å². The highest BCUT2D eigenvalue weighted by Gasteiger charge is 2.29. The lowest BCUT2D eigenvalue weighted by Crippen LogP contribution is -2.08. The quantitative estimate of drug-likeness (QED) is 0.455. The fourth-order valence-corrected chi connectivity index (χ4v) is 2.96. The molecule has 8 nitrogen and oxygen atoms in total. The van der Waals surface area contributed by atoms with Crippen molar-refractivity contribution >= 4 is 28.7 Å². The Labute approximate surface area is 175 Å². The Bertz CT molecular complexity index is 1160. The topological polar surface area (TPSA) is 93.4 Å². The monoisotopic (exact) mass is 428 g/mol. The number of anilines is 3. The van der Waals surface area contributed by atoms with Gasteiger partial charge in [0.25, 0.3) is 0 Å². The van der Waals surface area contributed by atoms with Gasteiger partial charge in [-0.05, 0) is 30.2 Å². The Balaban J connectivity index is 1.68. The van der Waals surface area contributed by atoms with E-state index in [4.69, 9.17) is 0 Å². The summed E-state index contributed by atoms with van der Waals surface area (Å²) in [7, 11) is 0. The Kier molecular flexibility index (Phi) is 5.65. The van der Waals surface area contributed by atoms with Gasteiger partial charge in [-0.2, -0.15) is 23.1 Å². The van der Waals surface area contributed by atoms with Crippen molar-refractivity contribution in [3.8, 4) is 0 Å². The molecule has 3 aromatic heterocycles. The summed E-state index contributed by atoms with van der Waals surface area (Å²) in [6, 6.07) is 6.73. The molecular weight excluding hydrogens is 409 g/mol. The minimum Gasteiger partial charge on any atom is -0.368 e. The second kappa shape index (κ2) is 8.54. The van der Waals surface area contributed by atoms with Crippen LogP contribution in [0.2, 0.25) is 0 Å². The van der Waals surface area contributed by atoms with Crippen LogP contribution >= 0.6 is 0 Å². The first kappa shape index (κ1) is 20.5. The Morgan fingerprint density at radius 1 is 1.03 bits per heavy atom. The number of imidazole rings is 1. The van der Waals surface area contributed by atoms with E-state index in [-0.39, 0.29) is 0 Å². The third-order valence-electron chi connectivity index (χ3n) is 4.46. The summed E-state index contributed by atoms with van der Waals surface area (Å²) in [4.78, 5) is 21.5. The molecule has 0 spiro atoms. The normalized spacial score (nSPS) is 11.6. The van der Waals surface area contributed by atoms with E-state index in [9.17, 15) is 13.2 Å². The lowest BCUT2D eigenvalue weighted by atomic mass is 10.1. The van der Waals surface area contributed by atoms with Gasteiger partial charge >= 0.3 is 6.18 Å². The molecule has 0 saturated carbocycles. The smallest absolute Gasteiger partial charge is 0.368 e. The number of halogens is 3. The third-order valence-corrected chi connectivity index (χ3v) is 4.46. The Hall–Kier alpha value is -3.76. The molecule has 11 heteroatoms. The van der Waals surface area contributed by atoms with Crippen LogP contribution in [0.5, 0.6) is 0 Å². The summed E-state index contributed by atoms with van der Waals surface area (Å²) < 4.78 is 40.2. The molecule has 0 aliphatic rings. The van der Waals surface area contributed by atoms with Gasteiger partial charge < -0.3 is 15.2 Å². The molecule has 31 heavy (non-hydrogen) atoms. The lowest BCUT2D eigenvalue weighted by Gasteiger charge is -2.11. The maximum absolute atomic E-state index is 12.8. The molecule has 0 aliphatic carbocycles. The molecule has 3 heterocycles. The fourth-order valence-electron chi connectivity index (χ4n) is 2.96. The van der Waals surface area contributed by atoms with Crippen molar-refractivity contribution in [2.75, 3.05) is 17.2 Å². The second-order valence-corrected chi connectivity index (χ2v) is 6.78. The zero-order valence-electron chi connectivity index (χ0n) is 16.6. The average Bonchev–Trinajstić information content (AvgIpc) is 3.15. The predicted octanol–water partition coefficient (Wildman–Crippen LogP) is 4.25. The van der Waals surface area contributed by atoms with Crippen molar-refractivity contribution in [1.29, 1.82) is 0 Å². The Morgan fingerprint density at radius 3 is 2.52 bits per heavy atom. The van der Waals surface area contributed by atoms with E-state index in [1.54, 1.807) is 23.2 Å². The number of fused-ring (bicyclic) bond motifs is 1. The molecule has 0 aliphatic heterocycles. The van der Waals surface area contributed by atoms with Crippen molar-refractivity contribution < 1.29 is 13.2 Å². The SMILES string of the molecule is CCCNc1nc(Nc2ccncn2)nc2c1ncn2Cc1ccc(C(F)(F)F)cc1. The van der Waals surface area contributed by atoms with Gasteiger partial charge in [0.1, 0.15) is 12.1 Å². The zero-order valence-corrected chi connectivity index (χ0v) is 16.6. The van der Waals surface area contributed by atoms with E-state index < -0.39 is 11.7 Å². The summed E-state index contributed by atoms with van der Waals surface area (Å²) in [5.41, 5.74) is 1.13. The number of hydrogen-bond acceptors (Lipinski definition) is 7. The molecule has 2 N–H and O–H groups in total. The molecule has 0 bridgehead atoms. The number of benzene rings is 1. The predicted molar refractivity (Wildman–Crippen MR) is 110 cm³/mol. The molecule has 4 rings (SSSR count). The van der Waals surface area contributed by atoms with E-state index in [0.29, 0.717) is 47.4 Å². The second-order valence-electron chi connectivity index (χ2n) is 6.78. The van der Waals surface area contributed by atoms with E-state index >= 15 is 0 Å². The lowest BCUT2D eigenvalue weighted by molar-refractivity contribution is -0.137. The highest BCUT2D eigenvalue weighted by Crippen LogP contribution is 2.29. The molecule has 160 valence electrons. The standard InChI is InChI=1S/C20H19F3N8/c1-2-8-25-17-16-18(30-19(29-17)28-15-7-9-24-11-26-15)31(12-27-16)10-13-3-5-14(6-4-13)20(21,22)23/h3-7,9,11-12H,2,8,10H2,1H3,(H2,24,25,26,28,29,30). The number of nitrogens with one attached hydrogen (secondary N) is 2. The van der Waals surface area contributed by atoms with Crippen LogP contribution in [0.25, 0.3) is 11.2 Å². The highest BCUT2D eigenvalue weighted by atomic mass is 19.4. The fraction of sp³-hybridized carbons (Fsp3) is 0.250. The molecule has 4 aromatic rings. The molecule has 0 amide bonds. The molecule has 0 radical (unpaired) electrons. The van der Waals surface area contributed by atoms with Crippen LogP contribution in [0.3, 0.4) is 0 Å². The van der Waals surface area contributed by atoms with E-state index in [2.05, 4.69) is 35.6 Å². The largest absolute Gasteiger partial charge is 0.416 e. The van der Waals surface area contributed by atoms with Gasteiger partial charge in [-0.1, -0.05) is 19.1 Å². The van der Waals surface area contributed by atoms with Gasteiger partial charge in [-0.15, -0.1) is 0 Å². The van der Waals surface area contributed by atoms with Crippen LogP contribution in [0.4, 0.5) is 30.8 Å². The minimum atomic E-state index is -4.37. The van der Waals surface area contributed by atoms with Gasteiger partial charge in [0.15, 0.2) is 17.0 Å². The summed E-state index contributed by atoms with van der Waals surface area (Å²) in [6.07, 6.45) is 1.13. The maximum Gasteiger partial charge on any atom is 0.416 e. The van der Waals surface area contributed by atoms with Crippen molar-refractivity contribution in [2.45, 2.75) is 26.1 Å². The zero-order chi connectivity index (χ0) is 21.8. The molecule has 0 unspecified atom stereocenters. The van der Waals surface area contributed by atoms with Gasteiger partial charge in [0.2, 0.25) is 5.95 Å².